The summed E-state index contributed by atoms with van der Waals surface area (Å²) in [5.41, 5.74) is -0.444. The second-order valence-corrected chi connectivity index (χ2v) is 10.2. The summed E-state index contributed by atoms with van der Waals surface area (Å²) in [4.78, 5) is 22.8. The zero-order valence-corrected chi connectivity index (χ0v) is 19.6. The summed E-state index contributed by atoms with van der Waals surface area (Å²) in [5, 5.41) is 16.8. The molecule has 0 bridgehead atoms. The van der Waals surface area contributed by atoms with Gasteiger partial charge < -0.3 is 9.47 Å². The highest BCUT2D eigenvalue weighted by Gasteiger charge is 2.58. The Morgan fingerprint density at radius 3 is 2.76 bits per heavy atom. The molecule has 1 spiro atoms. The number of halogens is 2. The first-order chi connectivity index (χ1) is 16.0. The lowest BCUT2D eigenvalue weighted by Crippen LogP contribution is -2.52. The standard InChI is InChI=1S/C23H23F2N3O5S/c1-22(2,3)33-21(29)28-23(34-20(26-28)16-12-15(24)8-9-18(16)25)14(10-11-27(30)31)13-32-19-7-5-4-6-17(19)23/h4-9,12,14H,10-11,13H2,1-3H3. The van der Waals surface area contributed by atoms with Gasteiger partial charge in [0, 0.05) is 28.4 Å². The van der Waals surface area contributed by atoms with E-state index >= 15 is 0 Å². The first-order valence-electron chi connectivity index (χ1n) is 10.6. The number of hydrogen-bond donors (Lipinski definition) is 0. The minimum atomic E-state index is -1.32. The average molecular weight is 492 g/mol. The largest absolute Gasteiger partial charge is 0.493 e. The van der Waals surface area contributed by atoms with Gasteiger partial charge >= 0.3 is 6.09 Å². The van der Waals surface area contributed by atoms with Gasteiger partial charge in [0.25, 0.3) is 0 Å². The fraction of sp³-hybridized carbons (Fsp3) is 0.391. The molecule has 34 heavy (non-hydrogen) atoms. The monoisotopic (exact) mass is 491 g/mol. The number of amides is 1. The van der Waals surface area contributed by atoms with Crippen molar-refractivity contribution < 1.29 is 28.0 Å². The van der Waals surface area contributed by atoms with Crippen LogP contribution in [0.3, 0.4) is 0 Å². The molecule has 0 aliphatic carbocycles. The Kier molecular flexibility index (Phi) is 6.24. The van der Waals surface area contributed by atoms with E-state index in [9.17, 15) is 23.7 Å². The number of hydrogen-bond acceptors (Lipinski definition) is 7. The molecule has 0 fully saturated rings. The van der Waals surface area contributed by atoms with Gasteiger partial charge in [-0.15, -0.1) is 0 Å². The van der Waals surface area contributed by atoms with Crippen LogP contribution in [0.25, 0.3) is 0 Å². The molecule has 2 aliphatic heterocycles. The molecule has 2 aromatic rings. The summed E-state index contributed by atoms with van der Waals surface area (Å²) in [5.74, 6) is -1.50. The van der Waals surface area contributed by atoms with Crippen molar-refractivity contribution in [3.05, 3.63) is 75.3 Å². The van der Waals surface area contributed by atoms with Gasteiger partial charge in [-0.05, 0) is 45.0 Å². The lowest BCUT2D eigenvalue weighted by molar-refractivity contribution is -0.482. The van der Waals surface area contributed by atoms with E-state index in [1.807, 2.05) is 0 Å². The van der Waals surface area contributed by atoms with Crippen molar-refractivity contribution in [2.45, 2.75) is 37.7 Å². The molecule has 2 unspecified atom stereocenters. The van der Waals surface area contributed by atoms with E-state index in [-0.39, 0.29) is 30.2 Å². The summed E-state index contributed by atoms with van der Waals surface area (Å²) >= 11 is 1.04. The van der Waals surface area contributed by atoms with E-state index < -0.39 is 39.0 Å². The molecule has 4 rings (SSSR count). The normalized spacial score (nSPS) is 21.6. The quantitative estimate of drug-likeness (QED) is 0.434. The lowest BCUT2D eigenvalue weighted by Gasteiger charge is -2.44. The second kappa shape index (κ2) is 8.86. The van der Waals surface area contributed by atoms with Crippen LogP contribution in [0.1, 0.15) is 38.3 Å². The molecule has 0 radical (unpaired) electrons. The third-order valence-electron chi connectivity index (χ3n) is 5.41. The SMILES string of the molecule is CC(C)(C)OC(=O)N1N=C(c2cc(F)ccc2F)SC12c1ccccc1OCC2CC[N+](=O)[O-]. The maximum absolute atomic E-state index is 14.7. The third kappa shape index (κ3) is 4.44. The number of carbonyl (C=O) groups is 1. The van der Waals surface area contributed by atoms with Crippen molar-refractivity contribution in [2.24, 2.45) is 11.0 Å². The fourth-order valence-electron chi connectivity index (χ4n) is 4.01. The highest BCUT2D eigenvalue weighted by atomic mass is 32.2. The van der Waals surface area contributed by atoms with Gasteiger partial charge in [0.05, 0.1) is 6.61 Å². The second-order valence-electron chi connectivity index (χ2n) is 8.97. The molecule has 2 atom stereocenters. The highest BCUT2D eigenvalue weighted by molar-refractivity contribution is 8.15. The number of ether oxygens (including phenoxy) is 2. The smallest absolute Gasteiger partial charge is 0.432 e. The first-order valence-corrected chi connectivity index (χ1v) is 11.4. The van der Waals surface area contributed by atoms with Crippen LogP contribution in [0.2, 0.25) is 0 Å². The molecule has 1 amide bonds. The molecule has 0 saturated heterocycles. The van der Waals surface area contributed by atoms with Crippen LogP contribution in [0.4, 0.5) is 13.6 Å². The molecule has 0 aromatic heterocycles. The molecule has 8 nitrogen and oxygen atoms in total. The van der Waals surface area contributed by atoms with E-state index in [0.717, 1.165) is 35.0 Å². The van der Waals surface area contributed by atoms with E-state index in [1.165, 1.54) is 0 Å². The first kappa shape index (κ1) is 23.9. The summed E-state index contributed by atoms with van der Waals surface area (Å²) < 4.78 is 40.2. The van der Waals surface area contributed by atoms with Crippen LogP contribution in [0.15, 0.2) is 47.6 Å². The highest BCUT2D eigenvalue weighted by Crippen LogP contribution is 2.57. The minimum absolute atomic E-state index is 0.0576. The van der Waals surface area contributed by atoms with Crippen molar-refractivity contribution in [3.8, 4) is 5.75 Å². The maximum atomic E-state index is 14.7. The Labute approximate surface area is 199 Å². The number of para-hydroxylation sites is 1. The van der Waals surface area contributed by atoms with Gasteiger partial charge in [0.2, 0.25) is 6.54 Å². The zero-order chi connectivity index (χ0) is 24.7. The number of nitro groups is 1. The van der Waals surface area contributed by atoms with Crippen LogP contribution < -0.4 is 4.74 Å². The maximum Gasteiger partial charge on any atom is 0.432 e. The molecule has 180 valence electrons. The number of benzene rings is 2. The molecule has 2 aromatic carbocycles. The lowest BCUT2D eigenvalue weighted by atomic mass is 9.87. The Bertz CT molecular complexity index is 1170. The summed E-state index contributed by atoms with van der Waals surface area (Å²) in [6.07, 6.45) is -0.753. The van der Waals surface area contributed by atoms with Crippen molar-refractivity contribution >= 4 is 22.9 Å². The molecule has 2 aliphatic rings. The van der Waals surface area contributed by atoms with E-state index in [0.29, 0.717) is 11.3 Å². The van der Waals surface area contributed by atoms with Gasteiger partial charge in [0.1, 0.15) is 28.0 Å². The Balaban J connectivity index is 1.89. The van der Waals surface area contributed by atoms with Crippen LogP contribution in [-0.2, 0) is 9.61 Å². The topological polar surface area (TPSA) is 94.3 Å². The minimum Gasteiger partial charge on any atom is -0.493 e. The molecule has 11 heteroatoms. The van der Waals surface area contributed by atoms with Gasteiger partial charge in [-0.25, -0.2) is 13.6 Å². The van der Waals surface area contributed by atoms with E-state index in [2.05, 4.69) is 5.10 Å². The molecular weight excluding hydrogens is 468 g/mol. The van der Waals surface area contributed by atoms with E-state index in [1.54, 1.807) is 45.0 Å². The van der Waals surface area contributed by atoms with Crippen LogP contribution >= 0.6 is 11.8 Å². The molecule has 2 heterocycles. The van der Waals surface area contributed by atoms with Crippen LogP contribution in [-0.4, -0.2) is 39.8 Å². The number of hydrazone groups is 1. The summed E-state index contributed by atoms with van der Waals surface area (Å²) in [7, 11) is 0. The summed E-state index contributed by atoms with van der Waals surface area (Å²) in [6, 6.07) is 9.94. The number of nitrogens with zero attached hydrogens (tertiary/aromatic N) is 3. The Hall–Kier alpha value is -3.21. The molecular formula is C23H23F2N3O5S. The van der Waals surface area contributed by atoms with Crippen molar-refractivity contribution in [1.82, 2.24) is 5.01 Å². The number of fused-ring (bicyclic) bond motifs is 2. The Morgan fingerprint density at radius 1 is 1.32 bits per heavy atom. The predicted octanol–water partition coefficient (Wildman–Crippen LogP) is 5.14. The van der Waals surface area contributed by atoms with Gasteiger partial charge in [-0.1, -0.05) is 30.0 Å². The number of thioether (sulfide) groups is 1. The predicted molar refractivity (Wildman–Crippen MR) is 122 cm³/mol. The van der Waals surface area contributed by atoms with Crippen molar-refractivity contribution in [1.29, 1.82) is 0 Å². The third-order valence-corrected chi connectivity index (χ3v) is 6.94. The van der Waals surface area contributed by atoms with E-state index in [4.69, 9.17) is 9.47 Å². The number of rotatable bonds is 4. The summed E-state index contributed by atoms with van der Waals surface area (Å²) in [6.45, 7) is 4.77. The van der Waals surface area contributed by atoms with Crippen molar-refractivity contribution in [2.75, 3.05) is 13.2 Å². The van der Waals surface area contributed by atoms with Gasteiger partial charge in [-0.3, -0.25) is 10.1 Å². The number of carbonyl (C=O) groups excluding carboxylic acids is 1. The van der Waals surface area contributed by atoms with Crippen LogP contribution in [0, 0.1) is 27.7 Å². The zero-order valence-electron chi connectivity index (χ0n) is 18.8. The molecule has 0 saturated carbocycles. The van der Waals surface area contributed by atoms with Crippen LogP contribution in [0.5, 0.6) is 5.75 Å². The average Bonchev–Trinajstić information content (AvgIpc) is 3.15. The fourth-order valence-corrected chi connectivity index (χ4v) is 5.52. The Morgan fingerprint density at radius 2 is 2.06 bits per heavy atom. The van der Waals surface area contributed by atoms with Gasteiger partial charge in [0.15, 0.2) is 4.87 Å². The molecule has 0 N–H and O–H groups in total. The van der Waals surface area contributed by atoms with Crippen molar-refractivity contribution in [3.63, 3.8) is 0 Å². The van der Waals surface area contributed by atoms with Gasteiger partial charge in [-0.2, -0.15) is 10.1 Å².